The smallest absolute Gasteiger partial charge is 0.241 e. The van der Waals surface area contributed by atoms with Crippen LogP contribution in [0.1, 0.15) is 97.2 Å². The Bertz CT molecular complexity index is 7870. The van der Waals surface area contributed by atoms with Crippen LogP contribution in [0.5, 0.6) is 0 Å². The quantitative estimate of drug-likeness (QED) is 0.0554. The maximum Gasteiger partial charge on any atom is 0.241 e. The van der Waals surface area contributed by atoms with E-state index in [1.807, 2.05) is 0 Å². The summed E-state index contributed by atoms with van der Waals surface area (Å²) in [5.74, 6) is 0. The summed E-state index contributed by atoms with van der Waals surface area (Å²) in [4.78, 5) is 4.88. The molecular weight excluding hydrogens is 1600 g/mol. The van der Waals surface area contributed by atoms with Gasteiger partial charge in [0.1, 0.15) is 0 Å². The molecule has 0 saturated heterocycles. The molecule has 630 valence electrons. The fourth-order valence-corrected chi connectivity index (χ4v) is 21.8. The van der Waals surface area contributed by atoms with Gasteiger partial charge in [-0.05, 0) is 234 Å². The van der Waals surface area contributed by atoms with E-state index in [1.54, 1.807) is 0 Å². The third kappa shape index (κ3) is 15.0. The molecule has 0 aliphatic heterocycles. The van der Waals surface area contributed by atoms with Crippen molar-refractivity contribution >= 4 is 126 Å². The van der Waals surface area contributed by atoms with Gasteiger partial charge in [-0.3, -0.25) is 0 Å². The summed E-state index contributed by atoms with van der Waals surface area (Å²) in [7, 11) is 0. The lowest BCUT2D eigenvalue weighted by Crippen LogP contribution is -2.51. The van der Waals surface area contributed by atoms with Crippen molar-refractivity contribution in [2.75, 3.05) is 9.80 Å². The monoisotopic (exact) mass is 1700 g/mol. The van der Waals surface area contributed by atoms with E-state index >= 15 is 0 Å². The molecule has 3 aliphatic carbocycles. The first-order valence-electron chi connectivity index (χ1n) is 46.8. The number of nitrogens with zero attached hydrogens (tertiary/aromatic N) is 2. The van der Waals surface area contributed by atoms with Gasteiger partial charge < -0.3 is 9.80 Å². The molecule has 4 heteroatoms. The standard InChI is InChI=1S/C129H98B2N2/c1-127(2)121-40-22-21-38-115(121)119-77-71-111(85-125(119)127)133(112-72-78-120-117-74-50-90(80-123(117)129(5,6)126(120)86-112)44-43-89-49-73-116-118-75-62-98(84-124(118)128(3,4)122(116)79-89)96-57-65-104(66-58-96)130(101-29-11-7-12-30-101)102-31-13-8-14-32-102)109-37-23-27-99(82-109)113-39-24-28-100-83-110(70-76-114(100)113)132(107-35-17-10-18-36-107)108-68-60-95(61-69-108)93-53-47-88(48-54-93)42-41-87-45-51-92(52-46-87)94-55-63-105(64-56-94)131(103-33-15-9-16-34-103)106-67-59-91-25-19-20-26-97(91)81-106/h7-86H,1-6H3. The molecule has 0 unspecified atom stereocenters. The summed E-state index contributed by atoms with van der Waals surface area (Å²) in [5.41, 5.74) is 43.8. The van der Waals surface area contributed by atoms with Crippen molar-refractivity contribution in [2.45, 2.75) is 57.8 Å². The molecule has 133 heavy (non-hydrogen) atoms. The highest BCUT2D eigenvalue weighted by Crippen LogP contribution is 2.55. The summed E-state index contributed by atoms with van der Waals surface area (Å²) in [5, 5.41) is 4.87. The molecule has 3 aliphatic rings. The summed E-state index contributed by atoms with van der Waals surface area (Å²) >= 11 is 0. The third-order valence-corrected chi connectivity index (χ3v) is 28.9. The van der Waals surface area contributed by atoms with Gasteiger partial charge in [-0.2, -0.15) is 0 Å². The second kappa shape index (κ2) is 33.6. The van der Waals surface area contributed by atoms with Gasteiger partial charge >= 0.3 is 0 Å². The van der Waals surface area contributed by atoms with Crippen LogP contribution in [-0.4, -0.2) is 13.4 Å². The van der Waals surface area contributed by atoms with Crippen LogP contribution in [0.4, 0.5) is 34.1 Å². The lowest BCUT2D eigenvalue weighted by Gasteiger charge is -2.30. The van der Waals surface area contributed by atoms with Crippen molar-refractivity contribution in [3.05, 3.63) is 517 Å². The zero-order valence-corrected chi connectivity index (χ0v) is 75.7. The first-order valence-corrected chi connectivity index (χ1v) is 46.8. The molecule has 2 nitrogen and oxygen atoms in total. The van der Waals surface area contributed by atoms with Gasteiger partial charge in [-0.15, -0.1) is 0 Å². The largest absolute Gasteiger partial charge is 0.310 e. The average Bonchev–Trinajstić information content (AvgIpc) is 1.78. The summed E-state index contributed by atoms with van der Waals surface area (Å²) in [6, 6.07) is 172. The van der Waals surface area contributed by atoms with Gasteiger partial charge in [0, 0.05) is 50.4 Å². The Balaban J connectivity index is 0.495. The molecule has 0 fully saturated rings. The highest BCUT2D eigenvalue weighted by molar-refractivity contribution is 6.96. The Morgan fingerprint density at radius 3 is 1.05 bits per heavy atom. The second-order valence-electron chi connectivity index (χ2n) is 37.9. The Hall–Kier alpha value is -15.9. The lowest BCUT2D eigenvalue weighted by molar-refractivity contribution is 0.660. The molecule has 0 radical (unpaired) electrons. The van der Waals surface area contributed by atoms with Crippen LogP contribution in [0.3, 0.4) is 0 Å². The maximum absolute atomic E-state index is 2.51. The van der Waals surface area contributed by atoms with Gasteiger partial charge in [0.2, 0.25) is 13.4 Å². The Labute approximate surface area is 782 Å². The van der Waals surface area contributed by atoms with E-state index in [0.717, 1.165) is 61.8 Å². The Morgan fingerprint density at radius 2 is 0.496 bits per heavy atom. The van der Waals surface area contributed by atoms with E-state index in [-0.39, 0.29) is 29.7 Å². The number of benzene rings is 20. The van der Waals surface area contributed by atoms with Crippen LogP contribution in [0.25, 0.3) is 124 Å². The van der Waals surface area contributed by atoms with Crippen LogP contribution in [-0.2, 0) is 16.2 Å². The summed E-state index contributed by atoms with van der Waals surface area (Å²) < 4.78 is 0. The lowest BCUT2D eigenvalue weighted by atomic mass is 9.37. The predicted molar refractivity (Wildman–Crippen MR) is 571 cm³/mol. The predicted octanol–water partition coefficient (Wildman–Crippen LogP) is 29.9. The molecule has 0 heterocycles. The molecule has 0 atom stereocenters. The minimum Gasteiger partial charge on any atom is -0.310 e. The number of hydrogen-bond acceptors (Lipinski definition) is 2. The Morgan fingerprint density at radius 1 is 0.173 bits per heavy atom. The average molecular weight is 1700 g/mol. The zero-order valence-electron chi connectivity index (χ0n) is 75.7. The molecular formula is C129H98B2N2. The normalized spacial score (nSPS) is 13.3. The number of fused-ring (bicyclic) bond motifs is 11. The molecule has 23 rings (SSSR count). The molecule has 20 aromatic carbocycles. The van der Waals surface area contributed by atoms with E-state index < -0.39 is 0 Å². The van der Waals surface area contributed by atoms with E-state index in [1.165, 1.54) is 160 Å². The molecule has 0 aromatic heterocycles. The zero-order chi connectivity index (χ0) is 89.5. The fraction of sp³-hybridized carbons (Fsp3) is 0.0698. The van der Waals surface area contributed by atoms with E-state index in [4.69, 9.17) is 0 Å². The molecule has 20 aromatic rings. The molecule has 0 spiro atoms. The maximum atomic E-state index is 2.51. The fourth-order valence-electron chi connectivity index (χ4n) is 21.8. The van der Waals surface area contributed by atoms with Crippen LogP contribution >= 0.6 is 0 Å². The van der Waals surface area contributed by atoms with Crippen LogP contribution in [0.15, 0.2) is 461 Å². The van der Waals surface area contributed by atoms with Crippen molar-refractivity contribution in [3.8, 4) is 77.9 Å². The van der Waals surface area contributed by atoms with Crippen LogP contribution < -0.4 is 42.6 Å². The van der Waals surface area contributed by atoms with Gasteiger partial charge in [-0.25, -0.2) is 0 Å². The third-order valence-electron chi connectivity index (χ3n) is 28.9. The Kier molecular flexibility index (Phi) is 20.6. The number of hydrogen-bond donors (Lipinski definition) is 0. The minimum atomic E-state index is -0.298. The molecule has 0 saturated carbocycles. The van der Waals surface area contributed by atoms with E-state index in [2.05, 4.69) is 537 Å². The van der Waals surface area contributed by atoms with Gasteiger partial charge in [0.05, 0.1) is 0 Å². The summed E-state index contributed by atoms with van der Waals surface area (Å²) in [6.45, 7) is 14.7. The van der Waals surface area contributed by atoms with Crippen molar-refractivity contribution in [1.82, 2.24) is 0 Å². The van der Waals surface area contributed by atoms with Crippen molar-refractivity contribution < 1.29 is 0 Å². The minimum absolute atomic E-state index is 0.130. The van der Waals surface area contributed by atoms with Crippen molar-refractivity contribution in [3.63, 3.8) is 0 Å². The second-order valence-corrected chi connectivity index (χ2v) is 37.9. The molecule has 0 N–H and O–H groups in total. The first kappa shape index (κ1) is 81.6. The summed E-state index contributed by atoms with van der Waals surface area (Å²) in [6.07, 6.45) is 9.04. The number of rotatable bonds is 20. The number of para-hydroxylation sites is 1. The topological polar surface area (TPSA) is 6.48 Å². The van der Waals surface area contributed by atoms with Gasteiger partial charge in [0.15, 0.2) is 0 Å². The molecule has 0 amide bonds. The van der Waals surface area contributed by atoms with E-state index in [9.17, 15) is 0 Å². The first-order chi connectivity index (χ1) is 65.1. The van der Waals surface area contributed by atoms with Gasteiger partial charge in [-0.1, -0.05) is 481 Å². The highest BCUT2D eigenvalue weighted by atomic mass is 15.1. The molecule has 0 bridgehead atoms. The van der Waals surface area contributed by atoms with Crippen LogP contribution in [0.2, 0.25) is 0 Å². The highest BCUT2D eigenvalue weighted by Gasteiger charge is 2.40. The van der Waals surface area contributed by atoms with Crippen molar-refractivity contribution in [2.24, 2.45) is 0 Å². The van der Waals surface area contributed by atoms with Gasteiger partial charge in [0.25, 0.3) is 0 Å². The van der Waals surface area contributed by atoms with Crippen molar-refractivity contribution in [1.29, 1.82) is 0 Å². The van der Waals surface area contributed by atoms with Crippen LogP contribution in [0, 0.1) is 0 Å². The number of anilines is 6. The van der Waals surface area contributed by atoms with E-state index in [0.29, 0.717) is 0 Å². The SMILES string of the molecule is CC1(C)c2cc(C=Cc3ccc4c(c3)C(C)(C)c3cc(N(c5cccc(-c6cccc7cc(N(c8ccccc8)c8ccc(-c9ccc(C=Cc%10ccc(-c%11ccc(B(c%12ccccc%12)c%12ccc%13ccccc%13c%12)cc%11)cc%10)cc9)cc8)ccc67)c5)c5ccc6c(c5)C(C)(C)c5ccccc5-6)ccc3-4)ccc2-c2ccc(-c3ccc(B(c4ccccc4)c4ccccc4)cc3)cc21.